The minimum atomic E-state index is -0.282. The van der Waals surface area contributed by atoms with E-state index in [9.17, 15) is 4.79 Å². The van der Waals surface area contributed by atoms with Crippen molar-refractivity contribution in [2.75, 3.05) is 5.75 Å². The molecular formula is C20H22BrN5OS. The Hall–Kier alpha value is -2.11. The number of Topliss-reactive ketones (excluding diaryl/α,β-unsaturated/α-hetero) is 1. The highest BCUT2D eigenvalue weighted by Gasteiger charge is 2.24. The van der Waals surface area contributed by atoms with Gasteiger partial charge in [0.25, 0.3) is 0 Å². The van der Waals surface area contributed by atoms with Gasteiger partial charge in [0.15, 0.2) is 16.8 Å². The number of thioether (sulfide) groups is 1. The van der Waals surface area contributed by atoms with Crippen molar-refractivity contribution in [3.63, 3.8) is 0 Å². The van der Waals surface area contributed by atoms with E-state index in [2.05, 4.69) is 30.7 Å². The van der Waals surface area contributed by atoms with E-state index in [4.69, 9.17) is 11.0 Å². The molecular weight excluding hydrogens is 438 g/mol. The molecule has 0 unspecified atom stereocenters. The molecule has 1 aromatic carbocycles. The quantitative estimate of drug-likeness (QED) is 0.384. The average molecular weight is 460 g/mol. The van der Waals surface area contributed by atoms with Gasteiger partial charge in [-0.1, -0.05) is 59.1 Å². The fourth-order valence-electron chi connectivity index (χ4n) is 3.41. The van der Waals surface area contributed by atoms with Crippen LogP contribution in [0, 0.1) is 11.3 Å². The molecule has 1 saturated carbocycles. The molecule has 0 spiro atoms. The van der Waals surface area contributed by atoms with Crippen LogP contribution in [0.3, 0.4) is 0 Å². The normalized spacial score (nSPS) is 15.8. The maximum atomic E-state index is 12.3. The number of nitriles is 1. The maximum Gasteiger partial charge on any atom is 0.192 e. The number of hydrogen-bond acceptors (Lipinski definition) is 6. The number of carbonyl (C=O) groups excluding carboxylic acids is 1. The van der Waals surface area contributed by atoms with E-state index in [-0.39, 0.29) is 22.8 Å². The van der Waals surface area contributed by atoms with Crippen molar-refractivity contribution >= 4 is 33.5 Å². The zero-order valence-corrected chi connectivity index (χ0v) is 18.1. The molecule has 146 valence electrons. The van der Waals surface area contributed by atoms with Crippen LogP contribution in [0.25, 0.3) is 11.4 Å². The van der Waals surface area contributed by atoms with Crippen molar-refractivity contribution in [2.24, 2.45) is 5.73 Å². The number of allylic oxidation sites excluding steroid dienone is 2. The van der Waals surface area contributed by atoms with Crippen LogP contribution in [0.15, 0.2) is 45.2 Å². The van der Waals surface area contributed by atoms with Crippen LogP contribution in [-0.2, 0) is 4.79 Å². The highest BCUT2D eigenvalue weighted by Crippen LogP contribution is 2.36. The number of hydrogen-bond donors (Lipinski definition) is 1. The van der Waals surface area contributed by atoms with Gasteiger partial charge in [-0.3, -0.25) is 9.36 Å². The molecule has 28 heavy (non-hydrogen) atoms. The van der Waals surface area contributed by atoms with Gasteiger partial charge >= 0.3 is 0 Å². The third kappa shape index (κ3) is 4.65. The van der Waals surface area contributed by atoms with Gasteiger partial charge in [0.05, 0.1) is 5.75 Å². The molecule has 0 bridgehead atoms. The lowest BCUT2D eigenvalue weighted by molar-refractivity contribution is -0.112. The fraction of sp³-hybridized carbons (Fsp3) is 0.400. The Morgan fingerprint density at radius 3 is 2.57 bits per heavy atom. The van der Waals surface area contributed by atoms with Crippen LogP contribution >= 0.6 is 27.7 Å². The minimum Gasteiger partial charge on any atom is -0.401 e. The first-order chi connectivity index (χ1) is 13.5. The van der Waals surface area contributed by atoms with Gasteiger partial charge in [-0.25, -0.2) is 0 Å². The van der Waals surface area contributed by atoms with Gasteiger partial charge in [0.1, 0.15) is 11.6 Å². The summed E-state index contributed by atoms with van der Waals surface area (Å²) in [5, 5.41) is 18.7. The minimum absolute atomic E-state index is 0.0179. The Labute approximate surface area is 177 Å². The van der Waals surface area contributed by atoms with Gasteiger partial charge in [0.2, 0.25) is 0 Å². The van der Waals surface area contributed by atoms with Crippen LogP contribution < -0.4 is 5.73 Å². The van der Waals surface area contributed by atoms with Crippen LogP contribution in [-0.4, -0.2) is 26.3 Å². The molecule has 0 atom stereocenters. The topological polar surface area (TPSA) is 97.6 Å². The summed E-state index contributed by atoms with van der Waals surface area (Å²) >= 11 is 4.78. The standard InChI is InChI=1S/C20H22BrN5OS/c1-13(23)17(11-22)18(27)12-28-20-25-24-19(14-7-9-15(21)10-8-14)26(20)16-5-3-2-4-6-16/h7-10,16H,2-6,12,23H2,1H3/b17-13+. The second kappa shape index (κ2) is 9.39. The number of halogens is 1. The first kappa shape index (κ1) is 20.6. The average Bonchev–Trinajstić information content (AvgIpc) is 3.12. The Bertz CT molecular complexity index is 919. The Morgan fingerprint density at radius 1 is 1.29 bits per heavy atom. The van der Waals surface area contributed by atoms with E-state index in [1.807, 2.05) is 30.3 Å². The lowest BCUT2D eigenvalue weighted by atomic mass is 9.95. The SMILES string of the molecule is C/C(N)=C(/C#N)C(=O)CSc1nnc(-c2ccc(Br)cc2)n1C1CCCCC1. The molecule has 1 aromatic heterocycles. The molecule has 0 amide bonds. The summed E-state index contributed by atoms with van der Waals surface area (Å²) in [6, 6.07) is 10.2. The third-order valence-electron chi connectivity index (χ3n) is 4.82. The molecule has 6 nitrogen and oxygen atoms in total. The van der Waals surface area contributed by atoms with Crippen molar-refractivity contribution in [1.29, 1.82) is 5.26 Å². The Balaban J connectivity index is 1.90. The Kier molecular flexibility index (Phi) is 6.92. The van der Waals surface area contributed by atoms with E-state index in [1.54, 1.807) is 6.92 Å². The van der Waals surface area contributed by atoms with Gasteiger partial charge < -0.3 is 5.73 Å². The molecule has 0 saturated heterocycles. The largest absolute Gasteiger partial charge is 0.401 e. The number of nitrogens with zero attached hydrogens (tertiary/aromatic N) is 4. The van der Waals surface area contributed by atoms with Crippen molar-refractivity contribution in [3.05, 3.63) is 40.0 Å². The molecule has 2 aromatic rings. The number of carbonyl (C=O) groups is 1. The number of nitrogens with two attached hydrogens (primary N) is 1. The Morgan fingerprint density at radius 2 is 1.96 bits per heavy atom. The lowest BCUT2D eigenvalue weighted by Gasteiger charge is -2.25. The van der Waals surface area contributed by atoms with Crippen LogP contribution in [0.2, 0.25) is 0 Å². The number of benzene rings is 1. The first-order valence-corrected chi connectivity index (χ1v) is 11.0. The molecule has 1 fully saturated rings. The zero-order valence-electron chi connectivity index (χ0n) is 15.7. The first-order valence-electron chi connectivity index (χ1n) is 9.24. The summed E-state index contributed by atoms with van der Waals surface area (Å²) in [5.74, 6) is 0.652. The summed E-state index contributed by atoms with van der Waals surface area (Å²) < 4.78 is 3.18. The van der Waals surface area contributed by atoms with Crippen molar-refractivity contribution in [3.8, 4) is 17.5 Å². The second-order valence-corrected chi connectivity index (χ2v) is 8.71. The molecule has 3 rings (SSSR count). The van der Waals surface area contributed by atoms with E-state index < -0.39 is 0 Å². The monoisotopic (exact) mass is 459 g/mol. The maximum absolute atomic E-state index is 12.3. The smallest absolute Gasteiger partial charge is 0.192 e. The van der Waals surface area contributed by atoms with Crippen LogP contribution in [0.5, 0.6) is 0 Å². The number of ketones is 1. The summed E-state index contributed by atoms with van der Waals surface area (Å²) in [5.41, 5.74) is 6.91. The molecule has 1 heterocycles. The predicted octanol–water partition coefficient (Wildman–Crippen LogP) is 4.63. The van der Waals surface area contributed by atoms with E-state index >= 15 is 0 Å². The number of rotatable bonds is 6. The van der Waals surface area contributed by atoms with Gasteiger partial charge in [-0.15, -0.1) is 10.2 Å². The summed E-state index contributed by atoms with van der Waals surface area (Å²) in [6.07, 6.45) is 5.76. The van der Waals surface area contributed by atoms with Crippen LogP contribution in [0.1, 0.15) is 45.1 Å². The predicted molar refractivity (Wildman–Crippen MR) is 114 cm³/mol. The van der Waals surface area contributed by atoms with E-state index in [1.165, 1.54) is 31.0 Å². The highest BCUT2D eigenvalue weighted by molar-refractivity contribution is 9.10. The van der Waals surface area contributed by atoms with E-state index in [0.717, 1.165) is 28.7 Å². The van der Waals surface area contributed by atoms with Gasteiger partial charge in [-0.05, 0) is 31.9 Å². The summed E-state index contributed by atoms with van der Waals surface area (Å²) in [6.45, 7) is 1.57. The van der Waals surface area contributed by atoms with Gasteiger partial charge in [-0.2, -0.15) is 5.26 Å². The van der Waals surface area contributed by atoms with Crippen molar-refractivity contribution in [1.82, 2.24) is 14.8 Å². The summed E-state index contributed by atoms with van der Waals surface area (Å²) in [4.78, 5) is 12.3. The molecule has 0 aliphatic heterocycles. The third-order valence-corrected chi connectivity index (χ3v) is 6.30. The molecule has 0 radical (unpaired) electrons. The molecule has 1 aliphatic carbocycles. The fourth-order valence-corrected chi connectivity index (χ4v) is 4.55. The van der Waals surface area contributed by atoms with E-state index in [0.29, 0.717) is 11.2 Å². The molecule has 2 N–H and O–H groups in total. The molecule has 8 heteroatoms. The van der Waals surface area contributed by atoms with Crippen molar-refractivity contribution < 1.29 is 4.79 Å². The van der Waals surface area contributed by atoms with Crippen LogP contribution in [0.4, 0.5) is 0 Å². The zero-order chi connectivity index (χ0) is 20.1. The highest BCUT2D eigenvalue weighted by atomic mass is 79.9. The lowest BCUT2D eigenvalue weighted by Crippen LogP contribution is -2.16. The number of aromatic nitrogens is 3. The second-order valence-electron chi connectivity index (χ2n) is 6.86. The molecule has 1 aliphatic rings. The summed E-state index contributed by atoms with van der Waals surface area (Å²) in [7, 11) is 0. The van der Waals surface area contributed by atoms with Gasteiger partial charge in [0, 0.05) is 21.8 Å². The van der Waals surface area contributed by atoms with Crippen molar-refractivity contribution in [2.45, 2.75) is 50.2 Å².